The maximum atomic E-state index is 12.5. The lowest BCUT2D eigenvalue weighted by molar-refractivity contribution is 0.0955. The lowest BCUT2D eigenvalue weighted by atomic mass is 10.1. The molecule has 0 aliphatic heterocycles. The maximum absolute atomic E-state index is 12.5. The molecule has 6 nitrogen and oxygen atoms in total. The number of benzene rings is 3. The Hall–Kier alpha value is -4.45. The zero-order valence-electron chi connectivity index (χ0n) is 18.3. The molecule has 0 radical (unpaired) electrons. The Morgan fingerprint density at radius 2 is 1.88 bits per heavy atom. The van der Waals surface area contributed by atoms with E-state index in [4.69, 9.17) is 9.84 Å². The van der Waals surface area contributed by atoms with Crippen molar-refractivity contribution in [2.75, 3.05) is 6.61 Å². The van der Waals surface area contributed by atoms with Crippen LogP contribution in [0.4, 0.5) is 0 Å². The number of ether oxygens (including phenoxy) is 1. The lowest BCUT2D eigenvalue weighted by Gasteiger charge is -2.04. The molecule has 4 rings (SSSR count). The largest absolute Gasteiger partial charge is 0.490 e. The van der Waals surface area contributed by atoms with Gasteiger partial charge < -0.3 is 4.74 Å². The molecule has 0 aliphatic rings. The molecule has 3 aromatic carbocycles. The number of para-hydroxylation sites is 1. The first-order valence-corrected chi connectivity index (χ1v) is 10.5. The minimum Gasteiger partial charge on any atom is -0.490 e. The summed E-state index contributed by atoms with van der Waals surface area (Å²) < 4.78 is 7.25. The first-order chi connectivity index (χ1) is 16.1. The lowest BCUT2D eigenvalue weighted by Crippen LogP contribution is -2.17. The Morgan fingerprint density at radius 1 is 1.09 bits per heavy atom. The molecule has 0 spiro atoms. The second-order valence-electron chi connectivity index (χ2n) is 7.41. The van der Waals surface area contributed by atoms with E-state index < -0.39 is 0 Å². The van der Waals surface area contributed by atoms with Crippen molar-refractivity contribution >= 4 is 12.1 Å². The molecule has 33 heavy (non-hydrogen) atoms. The van der Waals surface area contributed by atoms with Gasteiger partial charge in [0.1, 0.15) is 18.1 Å². The fourth-order valence-electron chi connectivity index (χ4n) is 3.29. The third-order valence-corrected chi connectivity index (χ3v) is 4.91. The van der Waals surface area contributed by atoms with Crippen LogP contribution in [0.1, 0.15) is 21.5 Å². The first-order valence-electron chi connectivity index (χ1n) is 10.5. The number of carbonyl (C=O) groups excluding carboxylic acids is 1. The Kier molecular flexibility index (Phi) is 6.75. The summed E-state index contributed by atoms with van der Waals surface area (Å²) in [4.78, 5) is 12.5. The van der Waals surface area contributed by atoms with Crippen LogP contribution in [0.15, 0.2) is 103 Å². The van der Waals surface area contributed by atoms with Crippen molar-refractivity contribution in [2.24, 2.45) is 5.10 Å². The number of hydrazone groups is 1. The number of rotatable bonds is 8. The van der Waals surface area contributed by atoms with Gasteiger partial charge in [0.2, 0.25) is 0 Å². The van der Waals surface area contributed by atoms with Gasteiger partial charge in [-0.3, -0.25) is 4.79 Å². The van der Waals surface area contributed by atoms with Gasteiger partial charge >= 0.3 is 0 Å². The second kappa shape index (κ2) is 10.2. The average Bonchev–Trinajstić information content (AvgIpc) is 3.28. The molecule has 6 heteroatoms. The zero-order chi connectivity index (χ0) is 23.0. The fourth-order valence-corrected chi connectivity index (χ4v) is 3.29. The third kappa shape index (κ3) is 5.43. The molecule has 1 heterocycles. The van der Waals surface area contributed by atoms with Crippen LogP contribution in [-0.4, -0.2) is 28.5 Å². The van der Waals surface area contributed by atoms with Crippen molar-refractivity contribution in [3.8, 4) is 22.7 Å². The Labute approximate surface area is 192 Å². The summed E-state index contributed by atoms with van der Waals surface area (Å²) in [5.41, 5.74) is 7.70. The van der Waals surface area contributed by atoms with Crippen molar-refractivity contribution < 1.29 is 9.53 Å². The van der Waals surface area contributed by atoms with Crippen LogP contribution in [0.2, 0.25) is 0 Å². The molecule has 0 bridgehead atoms. The molecule has 0 fully saturated rings. The summed E-state index contributed by atoms with van der Waals surface area (Å²) in [6, 6.07) is 24.8. The Balaban J connectivity index is 1.55. The van der Waals surface area contributed by atoms with E-state index in [9.17, 15) is 4.79 Å². The molecule has 1 aromatic heterocycles. The maximum Gasteiger partial charge on any atom is 0.271 e. The smallest absolute Gasteiger partial charge is 0.271 e. The molecule has 1 amide bonds. The van der Waals surface area contributed by atoms with E-state index in [0.717, 1.165) is 28.1 Å². The van der Waals surface area contributed by atoms with Gasteiger partial charge in [-0.2, -0.15) is 10.2 Å². The number of amides is 1. The fraction of sp³-hybridized carbons (Fsp3) is 0.0741. The van der Waals surface area contributed by atoms with Crippen molar-refractivity contribution in [1.82, 2.24) is 15.2 Å². The number of nitrogens with one attached hydrogen (secondary N) is 1. The third-order valence-electron chi connectivity index (χ3n) is 4.91. The number of hydrogen-bond acceptors (Lipinski definition) is 4. The molecule has 0 atom stereocenters. The molecule has 0 aliphatic carbocycles. The van der Waals surface area contributed by atoms with Crippen LogP contribution in [0.5, 0.6) is 5.75 Å². The van der Waals surface area contributed by atoms with Crippen LogP contribution < -0.4 is 10.2 Å². The first kappa shape index (κ1) is 21.8. The molecule has 4 aromatic rings. The van der Waals surface area contributed by atoms with Crippen LogP contribution in [0.3, 0.4) is 0 Å². The van der Waals surface area contributed by atoms with Gasteiger partial charge in [-0.15, -0.1) is 0 Å². The minimum atomic E-state index is -0.311. The molecular weight excluding hydrogens is 412 g/mol. The summed E-state index contributed by atoms with van der Waals surface area (Å²) in [7, 11) is 0. The molecule has 0 unspecified atom stereocenters. The predicted molar refractivity (Wildman–Crippen MR) is 131 cm³/mol. The van der Waals surface area contributed by atoms with E-state index >= 15 is 0 Å². The quantitative estimate of drug-likeness (QED) is 0.235. The number of nitrogens with zero attached hydrogens (tertiary/aromatic N) is 3. The molecule has 0 saturated heterocycles. The zero-order valence-corrected chi connectivity index (χ0v) is 18.3. The van der Waals surface area contributed by atoms with Gasteiger partial charge in [0.15, 0.2) is 0 Å². The van der Waals surface area contributed by atoms with E-state index in [1.165, 1.54) is 0 Å². The summed E-state index contributed by atoms with van der Waals surface area (Å²) >= 11 is 0. The van der Waals surface area contributed by atoms with E-state index in [1.54, 1.807) is 36.6 Å². The SMILES string of the molecule is C=CCOc1ccc(C(=O)N/N=C\c2cn(-c3ccccc3)nc2-c2cccc(C)c2)cc1. The number of carbonyl (C=O) groups is 1. The summed E-state index contributed by atoms with van der Waals surface area (Å²) in [5, 5.41) is 8.96. The van der Waals surface area contributed by atoms with Gasteiger partial charge in [-0.05, 0) is 49.4 Å². The van der Waals surface area contributed by atoms with Crippen molar-refractivity contribution in [2.45, 2.75) is 6.92 Å². The molecular formula is C27H24N4O2. The highest BCUT2D eigenvalue weighted by Gasteiger charge is 2.12. The van der Waals surface area contributed by atoms with Crippen LogP contribution in [-0.2, 0) is 0 Å². The number of hydrogen-bond donors (Lipinski definition) is 1. The van der Waals surface area contributed by atoms with Gasteiger partial charge in [0.25, 0.3) is 5.91 Å². The standard InChI is InChI=1S/C27H24N4O2/c1-3-16-33-25-14-12-21(13-15-25)27(32)29-28-18-23-19-31(24-10-5-4-6-11-24)30-26(23)22-9-7-8-20(2)17-22/h3-15,17-19H,1,16H2,2H3,(H,29,32)/b28-18-. The Morgan fingerprint density at radius 3 is 2.61 bits per heavy atom. The van der Waals surface area contributed by atoms with Gasteiger partial charge in [-0.1, -0.05) is 54.6 Å². The minimum absolute atomic E-state index is 0.311. The van der Waals surface area contributed by atoms with Crippen molar-refractivity contribution in [3.05, 3.63) is 114 Å². The van der Waals surface area contributed by atoms with Crippen LogP contribution in [0.25, 0.3) is 16.9 Å². The molecule has 1 N–H and O–H groups in total. The number of aromatic nitrogens is 2. The van der Waals surface area contributed by atoms with Crippen molar-refractivity contribution in [3.63, 3.8) is 0 Å². The summed E-state index contributed by atoms with van der Waals surface area (Å²) in [5.74, 6) is 0.361. The topological polar surface area (TPSA) is 68.5 Å². The summed E-state index contributed by atoms with van der Waals surface area (Å²) in [6.45, 7) is 6.07. The van der Waals surface area contributed by atoms with Crippen molar-refractivity contribution in [1.29, 1.82) is 0 Å². The highest BCUT2D eigenvalue weighted by molar-refractivity contribution is 5.95. The normalized spacial score (nSPS) is 10.8. The average molecular weight is 437 g/mol. The van der Waals surface area contributed by atoms with Gasteiger partial charge in [-0.25, -0.2) is 10.1 Å². The van der Waals surface area contributed by atoms with Gasteiger partial charge in [0, 0.05) is 22.9 Å². The number of aryl methyl sites for hydroxylation is 1. The van der Waals surface area contributed by atoms with E-state index in [2.05, 4.69) is 23.2 Å². The second-order valence-corrected chi connectivity index (χ2v) is 7.41. The highest BCUT2D eigenvalue weighted by Crippen LogP contribution is 2.23. The van der Waals surface area contributed by atoms with Crippen LogP contribution >= 0.6 is 0 Å². The Bertz CT molecular complexity index is 1280. The predicted octanol–water partition coefficient (Wildman–Crippen LogP) is 5.18. The summed E-state index contributed by atoms with van der Waals surface area (Å²) in [6.07, 6.45) is 5.18. The highest BCUT2D eigenvalue weighted by atomic mass is 16.5. The van der Waals surface area contributed by atoms with E-state index in [-0.39, 0.29) is 5.91 Å². The molecule has 164 valence electrons. The molecule has 0 saturated carbocycles. The van der Waals surface area contributed by atoms with E-state index in [1.807, 2.05) is 66.3 Å². The van der Waals surface area contributed by atoms with Crippen LogP contribution in [0, 0.1) is 6.92 Å². The van der Waals surface area contributed by atoms with E-state index in [0.29, 0.717) is 17.9 Å². The van der Waals surface area contributed by atoms with Gasteiger partial charge in [0.05, 0.1) is 11.9 Å². The monoisotopic (exact) mass is 436 g/mol.